The first-order valence-corrected chi connectivity index (χ1v) is 7.38. The molecule has 1 N–H and O–H groups in total. The molecule has 1 heterocycles. The summed E-state index contributed by atoms with van der Waals surface area (Å²) in [6.07, 6.45) is 5.45. The number of nitrogens with zero attached hydrogens (tertiary/aromatic N) is 1. The van der Waals surface area contributed by atoms with Crippen LogP contribution in [0.3, 0.4) is 0 Å². The molecule has 0 aliphatic rings. The van der Waals surface area contributed by atoms with Gasteiger partial charge in [-0.3, -0.25) is 4.98 Å². The molecule has 0 aliphatic heterocycles. The van der Waals surface area contributed by atoms with Crippen molar-refractivity contribution in [1.82, 2.24) is 10.3 Å². The molecule has 0 atom stereocenters. The number of hydrogen-bond donors (Lipinski definition) is 1. The number of benzene rings is 1. The smallest absolute Gasteiger partial charge is 0.0734 e. The predicted molar refractivity (Wildman–Crippen MR) is 82.4 cm³/mol. The summed E-state index contributed by atoms with van der Waals surface area (Å²) < 4.78 is 0. The van der Waals surface area contributed by atoms with Crippen molar-refractivity contribution in [3.05, 3.63) is 42.1 Å². The Kier molecular flexibility index (Phi) is 5.34. The zero-order valence-electron chi connectivity index (χ0n) is 12.0. The van der Waals surface area contributed by atoms with Crippen molar-refractivity contribution in [2.45, 2.75) is 33.1 Å². The highest BCUT2D eigenvalue weighted by atomic mass is 14.9. The van der Waals surface area contributed by atoms with E-state index in [4.69, 9.17) is 0 Å². The van der Waals surface area contributed by atoms with Gasteiger partial charge in [-0.1, -0.05) is 51.0 Å². The minimum atomic E-state index is 0.811. The van der Waals surface area contributed by atoms with Crippen LogP contribution in [0.2, 0.25) is 0 Å². The standard InChI is InChI=1S/C17H24N2/c1-3-14(4-2)13-18-12-10-16-8-5-7-15-9-6-11-19-17(15)16/h5-9,11,14,18H,3-4,10,12-13H2,1-2H3. The van der Waals surface area contributed by atoms with E-state index in [1.54, 1.807) is 0 Å². The monoisotopic (exact) mass is 256 g/mol. The third-order valence-corrected chi connectivity index (χ3v) is 3.88. The summed E-state index contributed by atoms with van der Waals surface area (Å²) in [6.45, 7) is 6.70. The first-order valence-electron chi connectivity index (χ1n) is 7.38. The fourth-order valence-corrected chi connectivity index (χ4v) is 2.48. The highest BCUT2D eigenvalue weighted by molar-refractivity contribution is 5.81. The number of pyridine rings is 1. The fourth-order valence-electron chi connectivity index (χ4n) is 2.48. The average molecular weight is 256 g/mol. The summed E-state index contributed by atoms with van der Waals surface area (Å²) >= 11 is 0. The molecule has 19 heavy (non-hydrogen) atoms. The molecule has 1 aromatic carbocycles. The first-order chi connectivity index (χ1) is 9.35. The summed E-state index contributed by atoms with van der Waals surface area (Å²) in [7, 11) is 0. The van der Waals surface area contributed by atoms with Crippen LogP contribution in [0.1, 0.15) is 32.3 Å². The van der Waals surface area contributed by atoms with Crippen LogP contribution in [0, 0.1) is 5.92 Å². The second kappa shape index (κ2) is 7.25. The summed E-state index contributed by atoms with van der Waals surface area (Å²) in [5, 5.41) is 4.81. The molecule has 1 aromatic heterocycles. The first kappa shape index (κ1) is 14.0. The van der Waals surface area contributed by atoms with E-state index < -0.39 is 0 Å². The number of para-hydroxylation sites is 1. The molecule has 0 radical (unpaired) electrons. The lowest BCUT2D eigenvalue weighted by Crippen LogP contribution is -2.24. The third-order valence-electron chi connectivity index (χ3n) is 3.88. The van der Waals surface area contributed by atoms with Gasteiger partial charge in [-0.25, -0.2) is 0 Å². The second-order valence-electron chi connectivity index (χ2n) is 5.13. The number of hydrogen-bond acceptors (Lipinski definition) is 2. The van der Waals surface area contributed by atoms with E-state index in [-0.39, 0.29) is 0 Å². The Bertz CT molecular complexity index is 498. The van der Waals surface area contributed by atoms with Gasteiger partial charge in [0.15, 0.2) is 0 Å². The van der Waals surface area contributed by atoms with Crippen LogP contribution in [0.4, 0.5) is 0 Å². The summed E-state index contributed by atoms with van der Waals surface area (Å²) in [4.78, 5) is 4.50. The van der Waals surface area contributed by atoms with Gasteiger partial charge >= 0.3 is 0 Å². The van der Waals surface area contributed by atoms with E-state index in [0.717, 1.165) is 30.9 Å². The molecule has 2 nitrogen and oxygen atoms in total. The molecule has 0 unspecified atom stereocenters. The zero-order valence-corrected chi connectivity index (χ0v) is 12.0. The summed E-state index contributed by atoms with van der Waals surface area (Å²) in [5.41, 5.74) is 2.49. The lowest BCUT2D eigenvalue weighted by atomic mass is 10.0. The van der Waals surface area contributed by atoms with Crippen molar-refractivity contribution in [3.63, 3.8) is 0 Å². The van der Waals surface area contributed by atoms with Gasteiger partial charge in [-0.05, 0) is 37.1 Å². The molecule has 0 bridgehead atoms. The van der Waals surface area contributed by atoms with E-state index in [9.17, 15) is 0 Å². The predicted octanol–water partition coefficient (Wildman–Crippen LogP) is 3.80. The molecule has 2 heteroatoms. The lowest BCUT2D eigenvalue weighted by Gasteiger charge is -2.13. The van der Waals surface area contributed by atoms with Crippen LogP contribution in [-0.4, -0.2) is 18.1 Å². The largest absolute Gasteiger partial charge is 0.316 e. The zero-order chi connectivity index (χ0) is 13.5. The van der Waals surface area contributed by atoms with E-state index in [2.05, 4.69) is 48.4 Å². The molecule has 102 valence electrons. The molecule has 0 saturated carbocycles. The Hall–Kier alpha value is -1.41. The van der Waals surface area contributed by atoms with Crippen molar-refractivity contribution >= 4 is 10.9 Å². The van der Waals surface area contributed by atoms with Gasteiger partial charge in [0.1, 0.15) is 0 Å². The molecule has 0 fully saturated rings. The summed E-state index contributed by atoms with van der Waals surface area (Å²) in [5.74, 6) is 0.811. The molecular weight excluding hydrogens is 232 g/mol. The third kappa shape index (κ3) is 3.77. The quantitative estimate of drug-likeness (QED) is 0.762. The Morgan fingerprint density at radius 1 is 1.11 bits per heavy atom. The van der Waals surface area contributed by atoms with E-state index in [1.807, 2.05) is 12.3 Å². The molecule has 0 saturated heterocycles. The van der Waals surface area contributed by atoms with Gasteiger partial charge in [0, 0.05) is 11.6 Å². The van der Waals surface area contributed by atoms with Crippen LogP contribution < -0.4 is 5.32 Å². The van der Waals surface area contributed by atoms with E-state index >= 15 is 0 Å². The van der Waals surface area contributed by atoms with Crippen molar-refractivity contribution < 1.29 is 0 Å². The normalized spacial score (nSPS) is 11.3. The Balaban J connectivity index is 1.91. The SMILES string of the molecule is CCC(CC)CNCCc1cccc2cccnc12. The van der Waals surface area contributed by atoms with Gasteiger partial charge in [-0.2, -0.15) is 0 Å². The number of fused-ring (bicyclic) bond motifs is 1. The molecule has 0 aliphatic carbocycles. The van der Waals surface area contributed by atoms with Gasteiger partial charge in [-0.15, -0.1) is 0 Å². The van der Waals surface area contributed by atoms with Crippen LogP contribution in [-0.2, 0) is 6.42 Å². The summed E-state index contributed by atoms with van der Waals surface area (Å²) in [6, 6.07) is 10.6. The van der Waals surface area contributed by atoms with Crippen LogP contribution in [0.5, 0.6) is 0 Å². The Morgan fingerprint density at radius 2 is 1.89 bits per heavy atom. The van der Waals surface area contributed by atoms with Gasteiger partial charge in [0.25, 0.3) is 0 Å². The van der Waals surface area contributed by atoms with Crippen molar-refractivity contribution in [2.24, 2.45) is 5.92 Å². The van der Waals surface area contributed by atoms with Crippen LogP contribution in [0.15, 0.2) is 36.5 Å². The maximum Gasteiger partial charge on any atom is 0.0734 e. The Labute approximate surface area is 116 Å². The molecular formula is C17H24N2. The second-order valence-corrected chi connectivity index (χ2v) is 5.13. The average Bonchev–Trinajstić information content (AvgIpc) is 2.47. The van der Waals surface area contributed by atoms with Crippen LogP contribution in [0.25, 0.3) is 10.9 Å². The number of aromatic nitrogens is 1. The fraction of sp³-hybridized carbons (Fsp3) is 0.471. The number of nitrogens with one attached hydrogen (secondary N) is 1. The lowest BCUT2D eigenvalue weighted by molar-refractivity contribution is 0.452. The van der Waals surface area contributed by atoms with Crippen LogP contribution >= 0.6 is 0 Å². The molecule has 2 aromatic rings. The van der Waals surface area contributed by atoms with Gasteiger partial charge in [0.2, 0.25) is 0 Å². The molecule has 0 spiro atoms. The van der Waals surface area contributed by atoms with E-state index in [0.29, 0.717) is 0 Å². The van der Waals surface area contributed by atoms with Crippen molar-refractivity contribution in [1.29, 1.82) is 0 Å². The highest BCUT2D eigenvalue weighted by Crippen LogP contribution is 2.16. The maximum absolute atomic E-state index is 4.50. The van der Waals surface area contributed by atoms with E-state index in [1.165, 1.54) is 23.8 Å². The molecule has 0 amide bonds. The topological polar surface area (TPSA) is 24.9 Å². The van der Waals surface area contributed by atoms with Gasteiger partial charge < -0.3 is 5.32 Å². The van der Waals surface area contributed by atoms with Crippen molar-refractivity contribution in [2.75, 3.05) is 13.1 Å². The maximum atomic E-state index is 4.50. The molecule has 2 rings (SSSR count). The Morgan fingerprint density at radius 3 is 2.68 bits per heavy atom. The minimum Gasteiger partial charge on any atom is -0.316 e. The van der Waals surface area contributed by atoms with Crippen molar-refractivity contribution in [3.8, 4) is 0 Å². The highest BCUT2D eigenvalue weighted by Gasteiger charge is 2.04. The number of rotatable bonds is 7. The van der Waals surface area contributed by atoms with Gasteiger partial charge in [0.05, 0.1) is 5.52 Å². The minimum absolute atomic E-state index is 0.811.